The Morgan fingerprint density at radius 1 is 0.333 bits per heavy atom. The van der Waals surface area contributed by atoms with E-state index in [1.807, 2.05) is 0 Å². The molecule has 4 rings (SSSR count). The summed E-state index contributed by atoms with van der Waals surface area (Å²) < 4.78 is 5.79. The van der Waals surface area contributed by atoms with Crippen LogP contribution in [-0.2, 0) is 0 Å². The van der Waals surface area contributed by atoms with Crippen molar-refractivity contribution in [3.63, 3.8) is 0 Å². The van der Waals surface area contributed by atoms with E-state index in [-0.39, 0.29) is 30.4 Å². The van der Waals surface area contributed by atoms with E-state index < -0.39 is 13.6 Å². The van der Waals surface area contributed by atoms with E-state index in [4.69, 9.17) is 0 Å². The number of hydrogen-bond donors (Lipinski definition) is 0. The number of halogens is 1. The number of hydrogen-bond acceptors (Lipinski definition) is 0. The molecule has 0 spiro atoms. The Morgan fingerprint density at radius 3 is 0.704 bits per heavy atom. The predicted molar refractivity (Wildman–Crippen MR) is 116 cm³/mol. The zero-order valence-corrected chi connectivity index (χ0v) is 19.3. The summed E-state index contributed by atoms with van der Waals surface area (Å²) in [4.78, 5) is 0. The fourth-order valence-electron chi connectivity index (χ4n) is 3.50. The van der Waals surface area contributed by atoms with Crippen molar-refractivity contribution in [2.75, 3.05) is 0 Å². The molecule has 0 fully saturated rings. The molecule has 0 saturated heterocycles. The van der Waals surface area contributed by atoms with Crippen molar-refractivity contribution in [3.05, 3.63) is 121 Å². The van der Waals surface area contributed by atoms with Crippen molar-refractivity contribution in [2.24, 2.45) is 0 Å². The van der Waals surface area contributed by atoms with Crippen molar-refractivity contribution in [2.45, 2.75) is 0 Å². The summed E-state index contributed by atoms with van der Waals surface area (Å²) >= 11 is -2.77. The molecule has 3 heteroatoms. The fourth-order valence-corrected chi connectivity index (χ4v) is 12.5. The first-order valence-corrected chi connectivity index (χ1v) is 12.3. The van der Waals surface area contributed by atoms with Gasteiger partial charge in [-0.05, 0) is 0 Å². The maximum atomic E-state index is 2.31. The Balaban J connectivity index is 0.00000131. The maximum absolute atomic E-state index is 2.77. The van der Waals surface area contributed by atoms with Crippen LogP contribution >= 0.6 is 0 Å². The van der Waals surface area contributed by atoms with Crippen LogP contribution < -0.4 is 29.8 Å². The molecule has 0 heterocycles. The summed E-state index contributed by atoms with van der Waals surface area (Å²) in [5.74, 6) is 0. The molecule has 133 valence electrons. The first-order chi connectivity index (χ1) is 12.4. The SMILES string of the molecule is [As].[Cl-].c1ccc([As+](c2ccccc2)(c2ccccc2)c2ccccc2)cc1. The van der Waals surface area contributed by atoms with Gasteiger partial charge in [-0.15, -0.1) is 0 Å². The molecule has 0 saturated carbocycles. The first-order valence-electron chi connectivity index (χ1n) is 8.54. The molecule has 3 radical (unpaired) electrons. The molecule has 0 aliphatic carbocycles. The van der Waals surface area contributed by atoms with Crippen LogP contribution in [0.5, 0.6) is 0 Å². The molecule has 0 N–H and O–H groups in total. The standard InChI is InChI=1S/C24H20As.As.ClH/c1-5-13-21(14-6-1)25(22-15-7-2-8-16-22,23-17-9-3-10-18-23)24-19-11-4-12-20-24;;/h1-20H;;1H/q+1;;/p-1. The summed E-state index contributed by atoms with van der Waals surface area (Å²) in [6, 6.07) is 44.2. The Labute approximate surface area is 181 Å². The van der Waals surface area contributed by atoms with Crippen molar-refractivity contribution in [1.82, 2.24) is 0 Å². The van der Waals surface area contributed by atoms with Crippen molar-refractivity contribution in [3.8, 4) is 0 Å². The van der Waals surface area contributed by atoms with Crippen LogP contribution in [0, 0.1) is 0 Å². The molecular weight excluding hydrogens is 474 g/mol. The summed E-state index contributed by atoms with van der Waals surface area (Å²) in [5, 5.41) is 0. The van der Waals surface area contributed by atoms with Gasteiger partial charge in [0.1, 0.15) is 0 Å². The van der Waals surface area contributed by atoms with Gasteiger partial charge in [-0.3, -0.25) is 0 Å². The summed E-state index contributed by atoms with van der Waals surface area (Å²) in [5.41, 5.74) is 0. The second kappa shape index (κ2) is 10.0. The second-order valence-corrected chi connectivity index (χ2v) is 13.2. The van der Waals surface area contributed by atoms with Crippen LogP contribution in [-0.4, -0.2) is 31.5 Å². The van der Waals surface area contributed by atoms with E-state index in [0.29, 0.717) is 0 Å². The third kappa shape index (κ3) is 4.09. The van der Waals surface area contributed by atoms with Gasteiger partial charge in [-0.1, -0.05) is 0 Å². The van der Waals surface area contributed by atoms with Crippen molar-refractivity contribution in [1.29, 1.82) is 0 Å². The summed E-state index contributed by atoms with van der Waals surface area (Å²) in [6.07, 6.45) is 0. The first kappa shape index (κ1) is 21.6. The van der Waals surface area contributed by atoms with E-state index in [1.54, 1.807) is 0 Å². The second-order valence-electron chi connectivity index (χ2n) is 6.01. The van der Waals surface area contributed by atoms with Crippen LogP contribution in [0.2, 0.25) is 0 Å². The average molecular weight is 494 g/mol. The molecule has 4 aromatic carbocycles. The van der Waals surface area contributed by atoms with Crippen LogP contribution in [0.15, 0.2) is 121 Å². The van der Waals surface area contributed by atoms with E-state index >= 15 is 0 Å². The van der Waals surface area contributed by atoms with E-state index in [2.05, 4.69) is 121 Å². The van der Waals surface area contributed by atoms with E-state index in [1.165, 1.54) is 17.4 Å². The quantitative estimate of drug-likeness (QED) is 0.342. The molecule has 0 nitrogen and oxygen atoms in total. The molecule has 0 aliphatic heterocycles. The van der Waals surface area contributed by atoms with Gasteiger partial charge in [-0.2, -0.15) is 0 Å². The topological polar surface area (TPSA) is 0 Å². The number of rotatable bonds is 4. The zero-order chi connectivity index (χ0) is 17.0. The molecule has 4 aromatic rings. The molecule has 0 aromatic heterocycles. The molecule has 0 aliphatic rings. The van der Waals surface area contributed by atoms with Crippen LogP contribution in [0.4, 0.5) is 0 Å². The third-order valence-corrected chi connectivity index (χ3v) is 13.6. The Kier molecular flexibility index (Phi) is 8.00. The molecule has 0 unspecified atom stereocenters. The molecule has 0 bridgehead atoms. The van der Waals surface area contributed by atoms with E-state index in [9.17, 15) is 0 Å². The summed E-state index contributed by atoms with van der Waals surface area (Å²) in [6.45, 7) is 0. The Hall–Kier alpha value is -1.71. The molecule has 27 heavy (non-hydrogen) atoms. The van der Waals surface area contributed by atoms with Gasteiger partial charge in [0.05, 0.1) is 0 Å². The van der Waals surface area contributed by atoms with Gasteiger partial charge >= 0.3 is 152 Å². The normalized spacial score (nSPS) is 10.4. The Bertz CT molecular complexity index is 763. The van der Waals surface area contributed by atoms with Gasteiger partial charge in [0.2, 0.25) is 0 Å². The molecule has 0 atom stereocenters. The Morgan fingerprint density at radius 2 is 0.519 bits per heavy atom. The summed E-state index contributed by atoms with van der Waals surface area (Å²) in [7, 11) is 0. The predicted octanol–water partition coefficient (Wildman–Crippen LogP) is -0.313. The van der Waals surface area contributed by atoms with Crippen LogP contribution in [0.25, 0.3) is 0 Å². The monoisotopic (exact) mass is 493 g/mol. The average Bonchev–Trinajstić information content (AvgIpc) is 2.72. The van der Waals surface area contributed by atoms with Crippen molar-refractivity contribution < 1.29 is 12.4 Å². The third-order valence-electron chi connectivity index (χ3n) is 4.57. The van der Waals surface area contributed by atoms with Crippen LogP contribution in [0.1, 0.15) is 0 Å². The number of benzene rings is 4. The van der Waals surface area contributed by atoms with Gasteiger partial charge in [0.25, 0.3) is 0 Å². The van der Waals surface area contributed by atoms with Crippen molar-refractivity contribution >= 4 is 48.9 Å². The molecular formula is C24H20As2Cl. The van der Waals surface area contributed by atoms with Gasteiger partial charge in [-0.25, -0.2) is 0 Å². The van der Waals surface area contributed by atoms with Crippen LogP contribution in [0.3, 0.4) is 0 Å². The fraction of sp³-hybridized carbons (Fsp3) is 0. The minimum absolute atomic E-state index is 0. The molecule has 0 amide bonds. The van der Waals surface area contributed by atoms with Gasteiger partial charge < -0.3 is 12.4 Å². The minimum atomic E-state index is -2.77. The van der Waals surface area contributed by atoms with E-state index in [0.717, 1.165) is 0 Å². The van der Waals surface area contributed by atoms with Gasteiger partial charge in [0, 0.05) is 18.0 Å². The van der Waals surface area contributed by atoms with Gasteiger partial charge in [0.15, 0.2) is 0 Å². The zero-order valence-electron chi connectivity index (χ0n) is 14.8.